The van der Waals surface area contributed by atoms with Crippen LogP contribution >= 0.6 is 0 Å². The summed E-state index contributed by atoms with van der Waals surface area (Å²) in [5.74, 6) is -0.778. The van der Waals surface area contributed by atoms with Gasteiger partial charge in [0, 0.05) is 18.0 Å². The van der Waals surface area contributed by atoms with Crippen LogP contribution in [-0.4, -0.2) is 35.4 Å². The second kappa shape index (κ2) is 7.66. The fraction of sp³-hybridized carbons (Fsp3) is 0.273. The van der Waals surface area contributed by atoms with Gasteiger partial charge in [0.2, 0.25) is 0 Å². The number of hydrogen-bond acceptors (Lipinski definition) is 3. The standard InChI is InChI=1S/C22H24N2O3/c1-14-10-15(2)18-12-20(23-19(18)11-14)22(26)27-13-21(25)24(4)16(3)17-8-6-5-7-9-17/h5-12,16,23H,13H2,1-4H3. The van der Waals surface area contributed by atoms with Crippen molar-refractivity contribution in [2.45, 2.75) is 26.8 Å². The third kappa shape index (κ3) is 4.03. The zero-order valence-electron chi connectivity index (χ0n) is 16.1. The van der Waals surface area contributed by atoms with Crippen molar-refractivity contribution in [1.29, 1.82) is 0 Å². The van der Waals surface area contributed by atoms with E-state index >= 15 is 0 Å². The average Bonchev–Trinajstić information content (AvgIpc) is 3.09. The van der Waals surface area contributed by atoms with E-state index < -0.39 is 5.97 Å². The molecule has 1 N–H and O–H groups in total. The highest BCUT2D eigenvalue weighted by Gasteiger charge is 2.20. The number of benzene rings is 2. The van der Waals surface area contributed by atoms with Crippen molar-refractivity contribution in [1.82, 2.24) is 9.88 Å². The number of rotatable bonds is 5. The van der Waals surface area contributed by atoms with Gasteiger partial charge in [-0.15, -0.1) is 0 Å². The van der Waals surface area contributed by atoms with Gasteiger partial charge in [0.05, 0.1) is 6.04 Å². The molecule has 0 saturated carbocycles. The zero-order valence-corrected chi connectivity index (χ0v) is 16.1. The molecule has 140 valence electrons. The maximum Gasteiger partial charge on any atom is 0.355 e. The van der Waals surface area contributed by atoms with Crippen molar-refractivity contribution in [2.75, 3.05) is 13.7 Å². The van der Waals surface area contributed by atoms with Crippen LogP contribution in [0.4, 0.5) is 0 Å². The summed E-state index contributed by atoms with van der Waals surface area (Å²) in [4.78, 5) is 29.4. The summed E-state index contributed by atoms with van der Waals surface area (Å²) >= 11 is 0. The first-order chi connectivity index (χ1) is 12.9. The van der Waals surface area contributed by atoms with Gasteiger partial charge in [0.1, 0.15) is 5.69 Å². The van der Waals surface area contributed by atoms with Gasteiger partial charge in [-0.2, -0.15) is 0 Å². The Labute approximate surface area is 158 Å². The lowest BCUT2D eigenvalue weighted by Gasteiger charge is -2.25. The number of H-pyrrole nitrogens is 1. The smallest absolute Gasteiger partial charge is 0.355 e. The maximum absolute atomic E-state index is 12.4. The molecule has 1 aromatic heterocycles. The Morgan fingerprint density at radius 1 is 1.11 bits per heavy atom. The normalized spacial score (nSPS) is 12.0. The van der Waals surface area contributed by atoms with Crippen LogP contribution in [0.15, 0.2) is 48.5 Å². The molecule has 0 radical (unpaired) electrons. The van der Waals surface area contributed by atoms with Crippen LogP contribution in [0.5, 0.6) is 0 Å². The number of aromatic amines is 1. The van der Waals surface area contributed by atoms with E-state index in [4.69, 9.17) is 4.74 Å². The van der Waals surface area contributed by atoms with Gasteiger partial charge in [-0.05, 0) is 49.6 Å². The Balaban J connectivity index is 1.65. The fourth-order valence-electron chi connectivity index (χ4n) is 3.19. The predicted octanol–water partition coefficient (Wildman–Crippen LogP) is 4.16. The molecule has 0 bridgehead atoms. The van der Waals surface area contributed by atoms with Crippen LogP contribution in [0.25, 0.3) is 10.9 Å². The number of hydrogen-bond donors (Lipinski definition) is 1. The van der Waals surface area contributed by atoms with Crippen LogP contribution < -0.4 is 0 Å². The number of nitrogens with zero attached hydrogens (tertiary/aromatic N) is 1. The van der Waals surface area contributed by atoms with Gasteiger partial charge in [-0.25, -0.2) is 4.79 Å². The number of esters is 1. The first-order valence-corrected chi connectivity index (χ1v) is 8.94. The number of amides is 1. The second-order valence-corrected chi connectivity index (χ2v) is 6.89. The van der Waals surface area contributed by atoms with Crippen molar-refractivity contribution in [2.24, 2.45) is 0 Å². The van der Waals surface area contributed by atoms with Gasteiger partial charge < -0.3 is 14.6 Å². The minimum atomic E-state index is -0.530. The number of fused-ring (bicyclic) bond motifs is 1. The lowest BCUT2D eigenvalue weighted by Crippen LogP contribution is -2.33. The molecule has 0 aliphatic heterocycles. The highest BCUT2D eigenvalue weighted by Crippen LogP contribution is 2.22. The molecule has 5 nitrogen and oxygen atoms in total. The number of ether oxygens (including phenoxy) is 1. The summed E-state index contributed by atoms with van der Waals surface area (Å²) in [5.41, 5.74) is 4.48. The Bertz CT molecular complexity index is 976. The largest absolute Gasteiger partial charge is 0.451 e. The SMILES string of the molecule is Cc1cc(C)c2cc(C(=O)OCC(=O)N(C)C(C)c3ccccc3)[nH]c2c1. The fourth-order valence-corrected chi connectivity index (χ4v) is 3.19. The molecule has 0 fully saturated rings. The molecule has 1 unspecified atom stereocenters. The second-order valence-electron chi connectivity index (χ2n) is 6.89. The molecule has 3 aromatic rings. The van der Waals surface area contributed by atoms with Crippen molar-refractivity contribution >= 4 is 22.8 Å². The number of likely N-dealkylation sites (N-methyl/N-ethyl adjacent to an activating group) is 1. The van der Waals surface area contributed by atoms with Crippen molar-refractivity contribution in [3.63, 3.8) is 0 Å². The van der Waals surface area contributed by atoms with Crippen LogP contribution in [0.2, 0.25) is 0 Å². The average molecular weight is 364 g/mol. The minimum absolute atomic E-state index is 0.101. The molecule has 0 spiro atoms. The van der Waals surface area contributed by atoms with Gasteiger partial charge in [-0.3, -0.25) is 4.79 Å². The summed E-state index contributed by atoms with van der Waals surface area (Å²) in [6, 6.07) is 15.5. The maximum atomic E-state index is 12.4. The van der Waals surface area contributed by atoms with E-state index in [0.29, 0.717) is 5.69 Å². The Kier molecular flexibility index (Phi) is 5.31. The van der Waals surface area contributed by atoms with Crippen LogP contribution in [-0.2, 0) is 9.53 Å². The van der Waals surface area contributed by atoms with Gasteiger partial charge >= 0.3 is 5.97 Å². The molecule has 27 heavy (non-hydrogen) atoms. The van der Waals surface area contributed by atoms with E-state index in [1.807, 2.05) is 57.2 Å². The third-order valence-electron chi connectivity index (χ3n) is 4.89. The molecule has 0 aliphatic rings. The Morgan fingerprint density at radius 3 is 2.52 bits per heavy atom. The number of aryl methyl sites for hydroxylation is 2. The highest BCUT2D eigenvalue weighted by atomic mass is 16.5. The van der Waals surface area contributed by atoms with E-state index in [9.17, 15) is 9.59 Å². The minimum Gasteiger partial charge on any atom is -0.451 e. The Hall–Kier alpha value is -3.08. The lowest BCUT2D eigenvalue weighted by molar-refractivity contribution is -0.135. The lowest BCUT2D eigenvalue weighted by atomic mass is 10.1. The molecule has 3 rings (SSSR count). The van der Waals surface area contributed by atoms with E-state index in [-0.39, 0.29) is 18.6 Å². The molecular weight excluding hydrogens is 340 g/mol. The summed E-state index contributed by atoms with van der Waals surface area (Å²) in [5, 5.41) is 0.980. The first-order valence-electron chi connectivity index (χ1n) is 8.94. The summed E-state index contributed by atoms with van der Waals surface area (Å²) in [6.07, 6.45) is 0. The van der Waals surface area contributed by atoms with Crippen molar-refractivity contribution in [3.8, 4) is 0 Å². The van der Waals surface area contributed by atoms with E-state index in [1.54, 1.807) is 18.0 Å². The molecule has 0 aliphatic carbocycles. The number of carbonyl (C=O) groups excluding carboxylic acids is 2. The zero-order chi connectivity index (χ0) is 19.6. The van der Waals surface area contributed by atoms with Gasteiger partial charge in [0.25, 0.3) is 5.91 Å². The number of carbonyl (C=O) groups is 2. The number of aromatic nitrogens is 1. The summed E-state index contributed by atoms with van der Waals surface area (Å²) in [7, 11) is 1.71. The summed E-state index contributed by atoms with van der Waals surface area (Å²) < 4.78 is 5.24. The van der Waals surface area contributed by atoms with Gasteiger partial charge in [-0.1, -0.05) is 36.4 Å². The molecule has 1 atom stereocenters. The van der Waals surface area contributed by atoms with Gasteiger partial charge in [0.15, 0.2) is 6.61 Å². The molecule has 5 heteroatoms. The molecule has 2 aromatic carbocycles. The Morgan fingerprint density at radius 2 is 1.81 bits per heavy atom. The monoisotopic (exact) mass is 364 g/mol. The van der Waals surface area contributed by atoms with Crippen molar-refractivity contribution in [3.05, 3.63) is 70.9 Å². The van der Waals surface area contributed by atoms with E-state index in [1.165, 1.54) is 0 Å². The summed E-state index contributed by atoms with van der Waals surface area (Å²) in [6.45, 7) is 5.66. The number of nitrogens with one attached hydrogen (secondary N) is 1. The molecular formula is C22H24N2O3. The van der Waals surface area contributed by atoms with Crippen LogP contribution in [0.3, 0.4) is 0 Å². The van der Waals surface area contributed by atoms with E-state index in [0.717, 1.165) is 27.6 Å². The van der Waals surface area contributed by atoms with E-state index in [2.05, 4.69) is 11.1 Å². The van der Waals surface area contributed by atoms with Crippen LogP contribution in [0.1, 0.15) is 40.1 Å². The highest BCUT2D eigenvalue weighted by molar-refractivity contribution is 5.97. The molecule has 0 saturated heterocycles. The third-order valence-corrected chi connectivity index (χ3v) is 4.89. The predicted molar refractivity (Wildman–Crippen MR) is 106 cm³/mol. The quantitative estimate of drug-likeness (QED) is 0.692. The first kappa shape index (κ1) is 18.7. The van der Waals surface area contributed by atoms with Crippen molar-refractivity contribution < 1.29 is 14.3 Å². The molecule has 1 heterocycles. The van der Waals surface area contributed by atoms with Crippen LogP contribution in [0, 0.1) is 13.8 Å². The topological polar surface area (TPSA) is 62.4 Å². The molecule has 1 amide bonds.